The number of aromatic nitrogens is 10. The second-order valence-corrected chi connectivity index (χ2v) is 30.2. The van der Waals surface area contributed by atoms with Gasteiger partial charge in [-0.05, 0) is 44.2 Å². The van der Waals surface area contributed by atoms with E-state index in [0.29, 0.717) is 25.9 Å². The Balaban J connectivity index is 0.000000671. The molecule has 0 fully saturated rings. The van der Waals surface area contributed by atoms with E-state index in [2.05, 4.69) is 202 Å². The van der Waals surface area contributed by atoms with E-state index < -0.39 is 15.6 Å². The van der Waals surface area contributed by atoms with Gasteiger partial charge in [0, 0.05) is 34.5 Å². The second kappa shape index (κ2) is 18.4. The Hall–Kier alpha value is -4.84. The van der Waals surface area contributed by atoms with Gasteiger partial charge < -0.3 is 0 Å². The third-order valence-corrected chi connectivity index (χ3v) is 12.1. The van der Waals surface area contributed by atoms with Gasteiger partial charge in [-0.3, -0.25) is 10.2 Å². The minimum atomic E-state index is -10.7. The molecule has 7 rings (SSSR count). The van der Waals surface area contributed by atoms with Crippen LogP contribution in [-0.2, 0) is 71.5 Å². The Morgan fingerprint density at radius 1 is 0.408 bits per heavy atom. The van der Waals surface area contributed by atoms with Crippen LogP contribution >= 0.6 is 15.6 Å². The van der Waals surface area contributed by atoms with Crippen LogP contribution in [0.3, 0.4) is 0 Å². The van der Waals surface area contributed by atoms with Gasteiger partial charge in [0.1, 0.15) is 25.5 Å². The van der Waals surface area contributed by atoms with E-state index in [9.17, 15) is 50.4 Å². The zero-order valence-corrected chi connectivity index (χ0v) is 48.7. The Bertz CT molecular complexity index is 2860. The zero-order chi connectivity index (χ0) is 58.4. The normalized spacial score (nSPS) is 16.4. The average Bonchev–Trinajstić information content (AvgIpc) is 3.93. The van der Waals surface area contributed by atoms with Gasteiger partial charge in [0.05, 0.1) is 0 Å². The molecule has 0 aliphatic carbocycles. The predicted octanol–water partition coefficient (Wildman–Crippen LogP) is 16.3. The van der Waals surface area contributed by atoms with E-state index in [1.807, 2.05) is 0 Å². The summed E-state index contributed by atoms with van der Waals surface area (Å²) in [6.07, 6.45) is 5.95. The van der Waals surface area contributed by atoms with Crippen LogP contribution in [0.5, 0.6) is 0 Å². The fourth-order valence-electron chi connectivity index (χ4n) is 9.57. The van der Waals surface area contributed by atoms with Gasteiger partial charge >= 0.3 is 66.0 Å². The number of aromatic amines is 2. The molecule has 0 saturated carbocycles. The van der Waals surface area contributed by atoms with Gasteiger partial charge in [-0.25, -0.2) is 28.2 Å². The summed E-state index contributed by atoms with van der Waals surface area (Å²) in [4.78, 5) is 10.4. The van der Waals surface area contributed by atoms with Crippen molar-refractivity contribution in [1.29, 1.82) is 0 Å². The fourth-order valence-corrected chi connectivity index (χ4v) is 9.57. The molecule has 12 bridgehead atoms. The summed E-state index contributed by atoms with van der Waals surface area (Å²) in [6.45, 7) is 44.4. The first kappa shape index (κ1) is 62.0. The number of imidazole rings is 2. The van der Waals surface area contributed by atoms with Gasteiger partial charge in [0.2, 0.25) is 12.7 Å². The molecular formula is C52H76F12N10P2. The van der Waals surface area contributed by atoms with Crippen LogP contribution in [0.2, 0.25) is 0 Å². The van der Waals surface area contributed by atoms with E-state index in [1.54, 1.807) is 0 Å². The number of halogens is 12. The zero-order valence-electron chi connectivity index (χ0n) is 46.9. The number of nitrogens with one attached hydrogen (secondary N) is 2. The Labute approximate surface area is 438 Å². The number of benzene rings is 2. The van der Waals surface area contributed by atoms with Crippen LogP contribution in [-0.4, -0.2) is 39.5 Å². The van der Waals surface area contributed by atoms with Gasteiger partial charge in [-0.2, -0.15) is 10.2 Å². The van der Waals surface area contributed by atoms with Crippen molar-refractivity contribution in [2.45, 2.75) is 196 Å². The molecule has 1 aliphatic heterocycles. The molecule has 76 heavy (non-hydrogen) atoms. The first-order valence-corrected chi connectivity index (χ1v) is 28.9. The molecule has 0 saturated heterocycles. The van der Waals surface area contributed by atoms with Gasteiger partial charge in [-0.15, -0.1) is 0 Å². The van der Waals surface area contributed by atoms with Gasteiger partial charge in [-0.1, -0.05) is 161 Å². The average molecular weight is 1130 g/mol. The summed E-state index contributed by atoms with van der Waals surface area (Å²) in [6, 6.07) is 14.2. The molecule has 428 valence electrons. The quantitative estimate of drug-likeness (QED) is 0.0897. The number of rotatable bonds is 0. The number of hydrogen-bond acceptors (Lipinski definition) is 4. The summed E-state index contributed by atoms with van der Waals surface area (Å²) < 4.78 is 128. The molecule has 1 aliphatic rings. The van der Waals surface area contributed by atoms with Crippen molar-refractivity contribution in [3.05, 3.63) is 129 Å². The van der Waals surface area contributed by atoms with Crippen molar-refractivity contribution in [3.63, 3.8) is 0 Å². The topological polar surface area (TPSA) is 101 Å². The maximum absolute atomic E-state index is 10.7. The molecule has 0 radical (unpaired) electrons. The predicted molar refractivity (Wildman–Crippen MR) is 276 cm³/mol. The Morgan fingerprint density at radius 2 is 0.737 bits per heavy atom. The summed E-state index contributed by atoms with van der Waals surface area (Å²) in [5.74, 6) is 3.34. The molecule has 2 aromatic carbocycles. The van der Waals surface area contributed by atoms with Gasteiger partial charge in [0.15, 0.2) is 46.8 Å². The van der Waals surface area contributed by atoms with Gasteiger partial charge in [0.25, 0.3) is 0 Å². The molecule has 0 atom stereocenters. The van der Waals surface area contributed by atoms with Crippen molar-refractivity contribution in [2.24, 2.45) is 0 Å². The SMILES string of the molecule is CC(C)(C)c1cc2cc(c1)C[n+]1cn(c(C(C)(C)C)c1C(C)(C)C)Cc1n[nH]c(n1)Cn1c[n+](c(C(C)(C)C)c1C(C)(C)C)Cc1cc(cc(C(C)(C)C)c1)Cc1n[nH]c(n1)C2.F[P-](F)(F)(F)(F)F.F[P-](F)(F)(F)(F)F. The molecule has 6 aromatic rings. The molecule has 5 heterocycles. The van der Waals surface area contributed by atoms with E-state index >= 15 is 0 Å². The molecule has 2 N–H and O–H groups in total. The molecule has 24 heteroatoms. The van der Waals surface area contributed by atoms with Crippen molar-refractivity contribution in [3.8, 4) is 0 Å². The second-order valence-electron chi connectivity index (χ2n) is 26.4. The molecule has 0 amide bonds. The first-order chi connectivity index (χ1) is 33.3. The van der Waals surface area contributed by atoms with Crippen LogP contribution in [0.1, 0.15) is 204 Å². The van der Waals surface area contributed by atoms with Crippen LogP contribution in [0.25, 0.3) is 0 Å². The molecule has 0 spiro atoms. The third kappa shape index (κ3) is 19.3. The van der Waals surface area contributed by atoms with Crippen LogP contribution < -0.4 is 9.13 Å². The molecule has 0 unspecified atom stereocenters. The number of fused-ring (bicyclic) bond motifs is 12. The summed E-state index contributed by atoms with van der Waals surface area (Å²) in [5.41, 5.74) is 12.3. The third-order valence-electron chi connectivity index (χ3n) is 12.1. The Kier molecular flexibility index (Phi) is 15.0. The van der Waals surface area contributed by atoms with Crippen LogP contribution in [0.15, 0.2) is 49.1 Å². The summed E-state index contributed by atoms with van der Waals surface area (Å²) in [7, 11) is -21.3. The van der Waals surface area contributed by atoms with Crippen LogP contribution in [0, 0.1) is 0 Å². The standard InChI is InChI=1S/C52H76N10.2F6P/c1-47(2,3)37-21-33-19-35(23-37)27-59-31-61(45(51(13,14)15)43(59)49(7,8)9)29-41-54-42(58-57-41)30-62-32-60(44(50(10,11)12)46(62)52(16,17)18)28-36-20-34(22-38(24-36)48(4,5)6)26-40-53-39(25-33)55-56-40;2*1-7(2,3,4,5)6/h19-24,31-32H,25-30H2,1-18H3,(H,53,55,56)(H,54,57,58);;/q+2;2*-1. The number of nitrogens with zero attached hydrogens (tertiary/aromatic N) is 8. The van der Waals surface area contributed by atoms with E-state index in [1.165, 1.54) is 56.2 Å². The molecule has 4 aromatic heterocycles. The molecular weight excluding hydrogens is 1050 g/mol. The van der Waals surface area contributed by atoms with E-state index in [4.69, 9.17) is 20.2 Å². The van der Waals surface area contributed by atoms with Crippen molar-refractivity contribution in [1.82, 2.24) is 39.5 Å². The van der Waals surface area contributed by atoms with E-state index in [-0.39, 0.29) is 32.5 Å². The summed E-state index contributed by atoms with van der Waals surface area (Å²) in [5, 5.41) is 16.4. The van der Waals surface area contributed by atoms with Crippen molar-refractivity contribution < 1.29 is 59.5 Å². The Morgan fingerprint density at radius 3 is 1.11 bits per heavy atom. The van der Waals surface area contributed by atoms with E-state index in [0.717, 1.165) is 36.4 Å². The molecule has 10 nitrogen and oxygen atoms in total. The fraction of sp³-hybridized carbons (Fsp3) is 0.577. The maximum atomic E-state index is 9.87. The minimum absolute atomic E-state index is 0.0275. The van der Waals surface area contributed by atoms with Crippen molar-refractivity contribution >= 4 is 15.6 Å². The summed E-state index contributed by atoms with van der Waals surface area (Å²) >= 11 is 0. The number of hydrogen-bond donors (Lipinski definition) is 2. The monoisotopic (exact) mass is 1130 g/mol. The van der Waals surface area contributed by atoms with Crippen LogP contribution in [0.4, 0.5) is 50.4 Å². The number of H-pyrrole nitrogens is 2. The van der Waals surface area contributed by atoms with Crippen molar-refractivity contribution in [2.75, 3.05) is 0 Å². The first-order valence-electron chi connectivity index (χ1n) is 24.8.